The summed E-state index contributed by atoms with van der Waals surface area (Å²) in [7, 11) is -3.54. The molecule has 34 heavy (non-hydrogen) atoms. The summed E-state index contributed by atoms with van der Waals surface area (Å²) in [5.41, 5.74) is 7.93. The van der Waals surface area contributed by atoms with Gasteiger partial charge in [0, 0.05) is 19.6 Å². The molecule has 2 aromatic carbocycles. The summed E-state index contributed by atoms with van der Waals surface area (Å²) >= 11 is 0. The van der Waals surface area contributed by atoms with E-state index in [1.54, 1.807) is 16.4 Å². The molecule has 0 bridgehead atoms. The normalized spacial score (nSPS) is 19.1. The SMILES string of the molecule is CCn1c(CN2C[C@H](C(N)=O)Oc3ccccc32)nc2cc(S(=O)(=O)N3CCCCC3)ccc21. The standard InChI is InChI=1S/C24H29N5O4S/c1-2-29-19-11-10-17(34(31,32)28-12-6-3-7-13-28)14-18(19)26-23(29)16-27-15-22(24(25)30)33-21-9-5-4-8-20(21)27/h4-5,8-11,14,22H,2-3,6-7,12-13,15-16H2,1H3,(H2,25,30)/t22-/m1/s1. The smallest absolute Gasteiger partial charge is 0.260 e. The van der Waals surface area contributed by atoms with Gasteiger partial charge in [-0.25, -0.2) is 13.4 Å². The van der Waals surface area contributed by atoms with E-state index in [2.05, 4.69) is 4.57 Å². The van der Waals surface area contributed by atoms with Gasteiger partial charge in [-0.1, -0.05) is 18.6 Å². The Morgan fingerprint density at radius 2 is 1.91 bits per heavy atom. The second-order valence-electron chi connectivity index (χ2n) is 8.74. The van der Waals surface area contributed by atoms with E-state index >= 15 is 0 Å². The quantitative estimate of drug-likeness (QED) is 0.577. The number of nitrogens with zero attached hydrogens (tertiary/aromatic N) is 4. The molecule has 3 heterocycles. The Bertz CT molecular complexity index is 1330. The van der Waals surface area contributed by atoms with E-state index in [4.69, 9.17) is 15.5 Å². The van der Waals surface area contributed by atoms with Crippen molar-refractivity contribution in [3.63, 3.8) is 0 Å². The average Bonchev–Trinajstić information content (AvgIpc) is 3.20. The van der Waals surface area contributed by atoms with Gasteiger partial charge in [0.05, 0.1) is 34.7 Å². The van der Waals surface area contributed by atoms with Crippen LogP contribution in [0.25, 0.3) is 11.0 Å². The van der Waals surface area contributed by atoms with Crippen LogP contribution >= 0.6 is 0 Å². The molecule has 0 aliphatic carbocycles. The minimum Gasteiger partial charge on any atom is -0.477 e. The van der Waals surface area contributed by atoms with Crippen molar-refractivity contribution in [2.45, 2.75) is 50.3 Å². The Hall–Kier alpha value is -3.11. The van der Waals surface area contributed by atoms with Gasteiger partial charge in [0.1, 0.15) is 11.6 Å². The van der Waals surface area contributed by atoms with E-state index < -0.39 is 22.0 Å². The van der Waals surface area contributed by atoms with Crippen LogP contribution in [0.4, 0.5) is 5.69 Å². The van der Waals surface area contributed by atoms with Crippen LogP contribution < -0.4 is 15.4 Å². The molecule has 5 rings (SSSR count). The number of hydrogen-bond donors (Lipinski definition) is 1. The number of primary amides is 1. The molecule has 180 valence electrons. The zero-order chi connectivity index (χ0) is 23.9. The third-order valence-corrected chi connectivity index (χ3v) is 8.47. The van der Waals surface area contributed by atoms with Gasteiger partial charge in [0.25, 0.3) is 5.91 Å². The number of para-hydroxylation sites is 2. The lowest BCUT2D eigenvalue weighted by atomic mass is 10.2. The predicted molar refractivity (Wildman–Crippen MR) is 129 cm³/mol. The molecule has 0 spiro atoms. The minimum absolute atomic E-state index is 0.278. The molecule has 2 aliphatic heterocycles. The highest BCUT2D eigenvalue weighted by Gasteiger charge is 2.31. The Morgan fingerprint density at radius 1 is 1.15 bits per heavy atom. The third kappa shape index (κ3) is 4.01. The van der Waals surface area contributed by atoms with Crippen molar-refractivity contribution in [1.29, 1.82) is 0 Å². The van der Waals surface area contributed by atoms with Crippen LogP contribution in [0.1, 0.15) is 32.0 Å². The van der Waals surface area contributed by atoms with Gasteiger partial charge in [-0.05, 0) is 50.1 Å². The molecule has 3 aromatic rings. The Labute approximate surface area is 199 Å². The van der Waals surface area contributed by atoms with E-state index in [0.717, 1.165) is 36.3 Å². The van der Waals surface area contributed by atoms with Crippen molar-refractivity contribution in [2.75, 3.05) is 24.5 Å². The molecule has 1 saturated heterocycles. The van der Waals surface area contributed by atoms with Gasteiger partial charge < -0.3 is 19.9 Å². The first-order chi connectivity index (χ1) is 16.4. The minimum atomic E-state index is -3.54. The fourth-order valence-corrected chi connectivity index (χ4v) is 6.36. The van der Waals surface area contributed by atoms with E-state index in [0.29, 0.717) is 44.0 Å². The second kappa shape index (κ2) is 8.92. The summed E-state index contributed by atoms with van der Waals surface area (Å²) < 4.78 is 35.8. The second-order valence-corrected chi connectivity index (χ2v) is 10.7. The van der Waals surface area contributed by atoms with Crippen LogP contribution in [0, 0.1) is 0 Å². The first kappa shape index (κ1) is 22.7. The van der Waals surface area contributed by atoms with Crippen molar-refractivity contribution >= 4 is 32.7 Å². The number of carbonyl (C=O) groups excluding carboxylic acids is 1. The molecule has 0 unspecified atom stereocenters. The zero-order valence-electron chi connectivity index (χ0n) is 19.2. The van der Waals surface area contributed by atoms with Crippen LogP contribution in [0.15, 0.2) is 47.4 Å². The van der Waals surface area contributed by atoms with Gasteiger partial charge in [-0.15, -0.1) is 0 Å². The molecule has 2 N–H and O–H groups in total. The van der Waals surface area contributed by atoms with Gasteiger partial charge in [0.15, 0.2) is 6.10 Å². The largest absolute Gasteiger partial charge is 0.477 e. The van der Waals surface area contributed by atoms with Crippen molar-refractivity contribution in [2.24, 2.45) is 5.73 Å². The monoisotopic (exact) mass is 483 g/mol. The molecular weight excluding hydrogens is 454 g/mol. The predicted octanol–water partition coefficient (Wildman–Crippen LogP) is 2.48. The third-order valence-electron chi connectivity index (χ3n) is 6.58. The van der Waals surface area contributed by atoms with E-state index in [-0.39, 0.29) is 4.90 Å². The van der Waals surface area contributed by atoms with Crippen LogP contribution in [-0.2, 0) is 27.9 Å². The number of ether oxygens (including phenoxy) is 1. The number of rotatable bonds is 6. The fourth-order valence-electron chi connectivity index (χ4n) is 4.82. The molecule has 9 nitrogen and oxygen atoms in total. The number of hydrogen-bond acceptors (Lipinski definition) is 6. The molecule has 0 saturated carbocycles. The maximum Gasteiger partial charge on any atom is 0.260 e. The first-order valence-electron chi connectivity index (χ1n) is 11.7. The number of piperidine rings is 1. The number of amides is 1. The van der Waals surface area contributed by atoms with Gasteiger partial charge in [-0.2, -0.15) is 4.31 Å². The van der Waals surface area contributed by atoms with Crippen molar-refractivity contribution in [1.82, 2.24) is 13.9 Å². The Morgan fingerprint density at radius 3 is 2.65 bits per heavy atom. The van der Waals surface area contributed by atoms with Crippen LogP contribution in [0.2, 0.25) is 0 Å². The maximum atomic E-state index is 13.2. The topological polar surface area (TPSA) is 111 Å². The summed E-state index contributed by atoms with van der Waals surface area (Å²) in [4.78, 5) is 19.0. The van der Waals surface area contributed by atoms with E-state index in [1.165, 1.54) is 0 Å². The molecule has 2 aliphatic rings. The van der Waals surface area contributed by atoms with Crippen molar-refractivity contribution in [3.8, 4) is 5.75 Å². The van der Waals surface area contributed by atoms with Crippen molar-refractivity contribution in [3.05, 3.63) is 48.3 Å². The number of aryl methyl sites for hydroxylation is 1. The van der Waals surface area contributed by atoms with Crippen LogP contribution in [0.5, 0.6) is 5.75 Å². The number of carbonyl (C=O) groups is 1. The number of fused-ring (bicyclic) bond motifs is 2. The number of imidazole rings is 1. The highest BCUT2D eigenvalue weighted by molar-refractivity contribution is 7.89. The number of nitrogens with two attached hydrogens (primary N) is 1. The van der Waals surface area contributed by atoms with Crippen LogP contribution in [0.3, 0.4) is 0 Å². The van der Waals surface area contributed by atoms with Gasteiger partial charge in [0.2, 0.25) is 10.0 Å². The summed E-state index contributed by atoms with van der Waals surface area (Å²) in [5, 5.41) is 0. The van der Waals surface area contributed by atoms with Gasteiger partial charge >= 0.3 is 0 Å². The molecule has 1 atom stereocenters. The zero-order valence-corrected chi connectivity index (χ0v) is 20.0. The fraction of sp³-hybridized carbons (Fsp3) is 0.417. The summed E-state index contributed by atoms with van der Waals surface area (Å²) in [6.45, 7) is 4.57. The molecule has 0 radical (unpaired) electrons. The van der Waals surface area contributed by atoms with E-state index in [9.17, 15) is 13.2 Å². The molecule has 1 aromatic heterocycles. The van der Waals surface area contributed by atoms with E-state index in [1.807, 2.05) is 42.2 Å². The lowest BCUT2D eigenvalue weighted by Gasteiger charge is -2.34. The number of anilines is 1. The maximum absolute atomic E-state index is 13.2. The number of benzene rings is 2. The molecule has 10 heteroatoms. The Kier molecular flexibility index (Phi) is 5.95. The molecular formula is C24H29N5O4S. The number of sulfonamides is 1. The first-order valence-corrected chi connectivity index (χ1v) is 13.1. The lowest BCUT2D eigenvalue weighted by molar-refractivity contribution is -0.124. The average molecular weight is 484 g/mol. The highest BCUT2D eigenvalue weighted by atomic mass is 32.2. The Balaban J connectivity index is 1.50. The van der Waals surface area contributed by atoms with Crippen molar-refractivity contribution < 1.29 is 17.9 Å². The lowest BCUT2D eigenvalue weighted by Crippen LogP contribution is -2.47. The number of aromatic nitrogens is 2. The summed E-state index contributed by atoms with van der Waals surface area (Å²) in [6.07, 6.45) is 2.10. The highest BCUT2D eigenvalue weighted by Crippen LogP contribution is 2.34. The van der Waals surface area contributed by atoms with Crippen LogP contribution in [-0.4, -0.2) is 53.9 Å². The summed E-state index contributed by atoms with van der Waals surface area (Å²) in [6, 6.07) is 12.7. The molecule has 1 amide bonds. The van der Waals surface area contributed by atoms with Gasteiger partial charge in [-0.3, -0.25) is 4.79 Å². The molecule has 1 fully saturated rings. The summed E-state index contributed by atoms with van der Waals surface area (Å²) in [5.74, 6) is 0.868.